The maximum atomic E-state index is 13.8. The minimum Gasteiger partial charge on any atom is -0.206 e. The third-order valence-corrected chi connectivity index (χ3v) is 8.06. The molecule has 2 aliphatic carbocycles. The zero-order valence-electron chi connectivity index (χ0n) is 19.9. The van der Waals surface area contributed by atoms with Gasteiger partial charge in [0, 0.05) is 0 Å². The van der Waals surface area contributed by atoms with E-state index in [9.17, 15) is 22.0 Å². The molecule has 1 aromatic carbocycles. The Kier molecular flexibility index (Phi) is 9.81. The molecule has 0 bridgehead atoms. The highest BCUT2D eigenvalue weighted by Crippen LogP contribution is 2.43. The third-order valence-electron chi connectivity index (χ3n) is 8.06. The van der Waals surface area contributed by atoms with Gasteiger partial charge in [0.2, 0.25) is 0 Å². The van der Waals surface area contributed by atoms with Gasteiger partial charge >= 0.3 is 6.18 Å². The lowest BCUT2D eigenvalue weighted by Gasteiger charge is -2.38. The molecule has 0 aliphatic heterocycles. The molecule has 0 unspecified atom stereocenters. The molecule has 2 fully saturated rings. The molecule has 0 nitrogen and oxygen atoms in total. The van der Waals surface area contributed by atoms with Crippen LogP contribution in [0.4, 0.5) is 22.0 Å². The van der Waals surface area contributed by atoms with Gasteiger partial charge in [0.25, 0.3) is 0 Å². The first-order valence-electron chi connectivity index (χ1n) is 13.0. The van der Waals surface area contributed by atoms with Crippen molar-refractivity contribution >= 4 is 0 Å². The molecule has 0 N–H and O–H groups in total. The molecule has 2 saturated carbocycles. The zero-order chi connectivity index (χ0) is 23.8. The summed E-state index contributed by atoms with van der Waals surface area (Å²) >= 11 is 0. The van der Waals surface area contributed by atoms with Crippen LogP contribution >= 0.6 is 0 Å². The Morgan fingerprint density at radius 3 is 1.79 bits per heavy atom. The van der Waals surface area contributed by atoms with Crippen molar-refractivity contribution in [3.8, 4) is 0 Å². The number of allylic oxidation sites excluding steroid dienone is 2. The molecule has 0 saturated heterocycles. The summed E-state index contributed by atoms with van der Waals surface area (Å²) in [5.74, 6) is 0.0405. The van der Waals surface area contributed by atoms with Crippen LogP contribution in [0.5, 0.6) is 0 Å². The lowest BCUT2D eigenvalue weighted by molar-refractivity contribution is -0.142. The highest BCUT2D eigenvalue weighted by atomic mass is 19.4. The van der Waals surface area contributed by atoms with Crippen molar-refractivity contribution in [3.63, 3.8) is 0 Å². The number of aryl methyl sites for hydroxylation is 1. The summed E-state index contributed by atoms with van der Waals surface area (Å²) in [6, 6.07) is 1.71. The molecular formula is C28H39F5. The molecule has 0 heterocycles. The van der Waals surface area contributed by atoms with Crippen LogP contribution in [0.25, 0.3) is 0 Å². The highest BCUT2D eigenvalue weighted by Gasteiger charge is 2.38. The smallest absolute Gasteiger partial charge is 0.206 e. The highest BCUT2D eigenvalue weighted by molar-refractivity contribution is 5.28. The van der Waals surface area contributed by atoms with Gasteiger partial charge in [-0.3, -0.25) is 0 Å². The van der Waals surface area contributed by atoms with Crippen LogP contribution in [0.2, 0.25) is 0 Å². The van der Waals surface area contributed by atoms with E-state index in [2.05, 4.69) is 19.1 Å². The largest absolute Gasteiger partial charge is 0.422 e. The average molecular weight is 471 g/mol. The van der Waals surface area contributed by atoms with Crippen LogP contribution < -0.4 is 0 Å². The van der Waals surface area contributed by atoms with E-state index in [0.717, 1.165) is 55.6 Å². The Morgan fingerprint density at radius 1 is 0.788 bits per heavy atom. The fourth-order valence-corrected chi connectivity index (χ4v) is 6.12. The number of alkyl halides is 3. The van der Waals surface area contributed by atoms with Gasteiger partial charge in [-0.15, -0.1) is 0 Å². The van der Waals surface area contributed by atoms with Gasteiger partial charge < -0.3 is 0 Å². The van der Waals surface area contributed by atoms with Crippen LogP contribution in [0.15, 0.2) is 24.3 Å². The van der Waals surface area contributed by atoms with Crippen molar-refractivity contribution in [2.24, 2.45) is 23.7 Å². The number of halogens is 5. The second-order valence-electron chi connectivity index (χ2n) is 10.3. The van der Waals surface area contributed by atoms with E-state index < -0.39 is 23.4 Å². The molecule has 0 atom stereocenters. The molecule has 2 aliphatic rings. The molecule has 33 heavy (non-hydrogen) atoms. The maximum absolute atomic E-state index is 13.8. The van der Waals surface area contributed by atoms with E-state index in [1.165, 1.54) is 57.8 Å². The van der Waals surface area contributed by atoms with Crippen molar-refractivity contribution in [2.45, 2.75) is 103 Å². The van der Waals surface area contributed by atoms with Crippen LogP contribution in [0, 0.1) is 35.3 Å². The Morgan fingerprint density at radius 2 is 1.30 bits per heavy atom. The van der Waals surface area contributed by atoms with Crippen molar-refractivity contribution in [1.29, 1.82) is 0 Å². The second kappa shape index (κ2) is 12.4. The van der Waals surface area contributed by atoms with E-state index >= 15 is 0 Å². The first kappa shape index (κ1) is 26.2. The number of hydrogen-bond acceptors (Lipinski definition) is 0. The van der Waals surface area contributed by atoms with Gasteiger partial charge in [0.1, 0.15) is 17.2 Å². The second-order valence-corrected chi connectivity index (χ2v) is 10.3. The van der Waals surface area contributed by atoms with E-state index in [0.29, 0.717) is 17.9 Å². The van der Waals surface area contributed by atoms with Gasteiger partial charge in [-0.2, -0.15) is 13.2 Å². The topological polar surface area (TPSA) is 0 Å². The van der Waals surface area contributed by atoms with E-state index in [1.54, 1.807) is 0 Å². The summed E-state index contributed by atoms with van der Waals surface area (Å²) in [4.78, 5) is 0. The molecular weight excluding hydrogens is 431 g/mol. The Balaban J connectivity index is 1.37. The quantitative estimate of drug-likeness (QED) is 0.191. The molecule has 0 amide bonds. The first-order valence-corrected chi connectivity index (χ1v) is 13.0. The molecule has 0 aromatic heterocycles. The van der Waals surface area contributed by atoms with Crippen LogP contribution in [-0.2, 0) is 12.6 Å². The van der Waals surface area contributed by atoms with Gasteiger partial charge in [0.15, 0.2) is 0 Å². The summed E-state index contributed by atoms with van der Waals surface area (Å²) in [5.41, 5.74) is -1.46. The molecule has 186 valence electrons. The lowest BCUT2D eigenvalue weighted by atomic mass is 9.68. The fourth-order valence-electron chi connectivity index (χ4n) is 6.12. The summed E-state index contributed by atoms with van der Waals surface area (Å²) < 4.78 is 65.9. The maximum Gasteiger partial charge on any atom is 0.422 e. The van der Waals surface area contributed by atoms with Crippen LogP contribution in [0.1, 0.15) is 102 Å². The Bertz CT molecular complexity index is 727. The zero-order valence-corrected chi connectivity index (χ0v) is 19.9. The predicted molar refractivity (Wildman–Crippen MR) is 124 cm³/mol. The van der Waals surface area contributed by atoms with Crippen molar-refractivity contribution in [2.75, 3.05) is 0 Å². The summed E-state index contributed by atoms with van der Waals surface area (Å²) in [5, 5.41) is 0. The molecule has 3 rings (SSSR count). The summed E-state index contributed by atoms with van der Waals surface area (Å²) in [6.07, 6.45) is 15.9. The fraction of sp³-hybridized carbons (Fsp3) is 0.714. The number of unbranched alkanes of at least 4 members (excludes halogenated alkanes) is 1. The number of benzene rings is 1. The van der Waals surface area contributed by atoms with Gasteiger partial charge in [-0.05, 0) is 99.2 Å². The van der Waals surface area contributed by atoms with Crippen molar-refractivity contribution < 1.29 is 22.0 Å². The van der Waals surface area contributed by atoms with Gasteiger partial charge in [0.05, 0.1) is 0 Å². The average Bonchev–Trinajstić information content (AvgIpc) is 2.77. The Labute approximate surface area is 196 Å². The van der Waals surface area contributed by atoms with Crippen molar-refractivity contribution in [1.82, 2.24) is 0 Å². The van der Waals surface area contributed by atoms with E-state index in [4.69, 9.17) is 0 Å². The SMILES string of the molecule is CC/C=C/CCC[C@H]1CC[C@H]([C@H]2CC[C@H](CCc3cc(F)c(C(F)(F)F)c(F)c3)CC2)CC1. The lowest BCUT2D eigenvalue weighted by Crippen LogP contribution is -2.26. The van der Waals surface area contributed by atoms with Crippen molar-refractivity contribution in [3.05, 3.63) is 47.0 Å². The normalized spacial score (nSPS) is 26.7. The standard InChI is InChI=1S/C28H39F5/c1-2-3-4-5-6-7-20-10-14-23(15-11-20)24-16-12-21(13-17-24)8-9-22-18-25(29)27(26(30)19-22)28(31,32)33/h3-4,18-21,23-24H,2,5-17H2,1H3/b4-3+/t20-,21-,23-,24-. The molecule has 5 heteroatoms. The minimum atomic E-state index is -5.00. The minimum absolute atomic E-state index is 0.323. The summed E-state index contributed by atoms with van der Waals surface area (Å²) in [6.45, 7) is 2.17. The predicted octanol–water partition coefficient (Wildman–Crippen LogP) is 9.67. The summed E-state index contributed by atoms with van der Waals surface area (Å²) in [7, 11) is 0. The van der Waals surface area contributed by atoms with E-state index in [-0.39, 0.29) is 0 Å². The third kappa shape index (κ3) is 7.82. The molecule has 0 spiro atoms. The number of rotatable bonds is 9. The van der Waals surface area contributed by atoms with Crippen LogP contribution in [0.3, 0.4) is 0 Å². The molecule has 1 aromatic rings. The first-order chi connectivity index (χ1) is 15.8. The molecule has 0 radical (unpaired) electrons. The monoisotopic (exact) mass is 470 g/mol. The van der Waals surface area contributed by atoms with Gasteiger partial charge in [-0.1, -0.05) is 51.2 Å². The van der Waals surface area contributed by atoms with Crippen LogP contribution in [-0.4, -0.2) is 0 Å². The Hall–Kier alpha value is -1.39. The van der Waals surface area contributed by atoms with Gasteiger partial charge in [-0.25, -0.2) is 8.78 Å². The van der Waals surface area contributed by atoms with E-state index in [1.807, 2.05) is 0 Å². The number of hydrogen-bond donors (Lipinski definition) is 0.